The predicted molar refractivity (Wildman–Crippen MR) is 95.4 cm³/mol. The third-order valence-electron chi connectivity index (χ3n) is 4.38. The molecule has 0 saturated heterocycles. The molecule has 0 saturated carbocycles. The summed E-state index contributed by atoms with van der Waals surface area (Å²) in [5.74, 6) is -1.38. The molecule has 5 nitrogen and oxygen atoms in total. The largest absolute Gasteiger partial charge is 0.479 e. The number of Topliss-reactive ketones (excluding diaryl/α,β-unsaturated/α-hetero) is 1. The monoisotopic (exact) mass is 352 g/mol. The van der Waals surface area contributed by atoms with Crippen molar-refractivity contribution < 1.29 is 23.9 Å². The Hall–Kier alpha value is -1.50. The lowest BCUT2D eigenvalue weighted by atomic mass is 10.2. The van der Waals surface area contributed by atoms with E-state index in [0.29, 0.717) is 0 Å². The molecule has 6 heteroatoms. The number of rotatable bonds is 9. The van der Waals surface area contributed by atoms with E-state index in [0.717, 1.165) is 5.56 Å². The van der Waals surface area contributed by atoms with Crippen molar-refractivity contribution in [2.75, 3.05) is 6.61 Å². The molecule has 0 bridgehead atoms. The number of hydrogen-bond donors (Lipinski definition) is 1. The summed E-state index contributed by atoms with van der Waals surface area (Å²) < 4.78 is 11.2. The van der Waals surface area contributed by atoms with Gasteiger partial charge < -0.3 is 14.3 Å². The van der Waals surface area contributed by atoms with E-state index < -0.39 is 20.4 Å². The van der Waals surface area contributed by atoms with Crippen molar-refractivity contribution >= 4 is 20.1 Å². The molecule has 134 valence electrons. The zero-order valence-corrected chi connectivity index (χ0v) is 16.2. The quantitative estimate of drug-likeness (QED) is 0.687. The molecule has 0 radical (unpaired) electrons. The predicted octanol–water partition coefficient (Wildman–Crippen LogP) is 3.64. The maximum Gasteiger partial charge on any atom is 0.333 e. The second-order valence-corrected chi connectivity index (χ2v) is 12.2. The molecule has 24 heavy (non-hydrogen) atoms. The van der Waals surface area contributed by atoms with Gasteiger partial charge in [0.15, 0.2) is 20.2 Å². The Morgan fingerprint density at radius 1 is 1.17 bits per heavy atom. The molecule has 0 spiro atoms. The van der Waals surface area contributed by atoms with E-state index in [9.17, 15) is 14.7 Å². The Morgan fingerprint density at radius 2 is 1.75 bits per heavy atom. The topological polar surface area (TPSA) is 72.8 Å². The maximum atomic E-state index is 12.1. The summed E-state index contributed by atoms with van der Waals surface area (Å²) in [4.78, 5) is 23.4. The lowest BCUT2D eigenvalue weighted by Gasteiger charge is -2.35. The first-order valence-corrected chi connectivity index (χ1v) is 11.0. The third kappa shape index (κ3) is 6.55. The lowest BCUT2D eigenvalue weighted by Crippen LogP contribution is -2.42. The molecule has 1 rings (SSSR count). The Morgan fingerprint density at radius 3 is 2.25 bits per heavy atom. The zero-order valence-electron chi connectivity index (χ0n) is 15.2. The molecule has 0 heterocycles. The number of carbonyl (C=O) groups is 2. The highest BCUT2D eigenvalue weighted by atomic mass is 28.4. The van der Waals surface area contributed by atoms with Gasteiger partial charge >= 0.3 is 5.97 Å². The average Bonchev–Trinajstić information content (AvgIpc) is 2.49. The molecule has 1 aromatic carbocycles. The highest BCUT2D eigenvalue weighted by molar-refractivity contribution is 6.74. The average molecular weight is 353 g/mol. The molecule has 1 aromatic rings. The van der Waals surface area contributed by atoms with Crippen LogP contribution in [0.15, 0.2) is 30.3 Å². The van der Waals surface area contributed by atoms with Crippen LogP contribution in [0.1, 0.15) is 32.8 Å². The number of carboxylic acids is 1. The van der Waals surface area contributed by atoms with Gasteiger partial charge in [-0.15, -0.1) is 0 Å². The number of carbonyl (C=O) groups excluding carboxylic acids is 1. The summed E-state index contributed by atoms with van der Waals surface area (Å²) in [6.45, 7) is 10.5. The fourth-order valence-electron chi connectivity index (χ4n) is 1.73. The van der Waals surface area contributed by atoms with Crippen LogP contribution in [0.5, 0.6) is 0 Å². The van der Waals surface area contributed by atoms with E-state index in [1.54, 1.807) is 0 Å². The fourth-order valence-corrected chi connectivity index (χ4v) is 2.69. The van der Waals surface area contributed by atoms with Crippen molar-refractivity contribution in [1.29, 1.82) is 0 Å². The summed E-state index contributed by atoms with van der Waals surface area (Å²) in [5.41, 5.74) is 0.869. The zero-order chi connectivity index (χ0) is 18.4. The van der Waals surface area contributed by atoms with E-state index in [4.69, 9.17) is 9.16 Å². The van der Waals surface area contributed by atoms with Gasteiger partial charge in [-0.25, -0.2) is 4.79 Å². The van der Waals surface area contributed by atoms with Crippen molar-refractivity contribution in [3.8, 4) is 0 Å². The van der Waals surface area contributed by atoms with Gasteiger partial charge in [0.1, 0.15) is 0 Å². The van der Waals surface area contributed by atoms with Crippen LogP contribution in [0.25, 0.3) is 0 Å². The summed E-state index contributed by atoms with van der Waals surface area (Å²) in [6, 6.07) is 9.28. The number of ketones is 1. The Balaban J connectivity index is 2.53. The van der Waals surface area contributed by atoms with Crippen LogP contribution in [-0.4, -0.2) is 37.9 Å². The molecule has 0 fully saturated rings. The SMILES string of the molecule is CC(C)(C)[Si](C)(C)OCC(=O)CC(OCc1ccccc1)C(=O)O. The minimum absolute atomic E-state index is 0.00326. The smallest absolute Gasteiger partial charge is 0.333 e. The normalized spacial score (nSPS) is 13.5. The van der Waals surface area contributed by atoms with Gasteiger partial charge in [-0.3, -0.25) is 4.79 Å². The van der Waals surface area contributed by atoms with Gasteiger partial charge in [-0.1, -0.05) is 51.1 Å². The second kappa shape index (κ2) is 8.55. The van der Waals surface area contributed by atoms with Gasteiger partial charge in [0, 0.05) is 6.42 Å². The van der Waals surface area contributed by atoms with E-state index in [-0.39, 0.29) is 30.5 Å². The molecule has 1 N–H and O–H groups in total. The molecule has 0 aliphatic rings. The van der Waals surface area contributed by atoms with Crippen LogP contribution in [0, 0.1) is 0 Å². The highest BCUT2D eigenvalue weighted by Crippen LogP contribution is 2.36. The van der Waals surface area contributed by atoms with Crippen LogP contribution < -0.4 is 0 Å². The van der Waals surface area contributed by atoms with Crippen LogP contribution in [0.3, 0.4) is 0 Å². The summed E-state index contributed by atoms with van der Waals surface area (Å²) in [6.07, 6.45) is -1.34. The molecular formula is C18H28O5Si. The first-order chi connectivity index (χ1) is 11.0. The second-order valence-electron chi connectivity index (χ2n) is 7.42. The van der Waals surface area contributed by atoms with Crippen molar-refractivity contribution in [2.24, 2.45) is 0 Å². The molecule has 1 unspecified atom stereocenters. The standard InChI is InChI=1S/C18H28O5Si/c1-18(2,3)24(4,5)23-13-15(19)11-16(17(20)21)22-12-14-9-7-6-8-10-14/h6-10,16H,11-13H2,1-5H3,(H,20,21). The van der Waals surface area contributed by atoms with E-state index in [2.05, 4.69) is 33.9 Å². The number of ether oxygens (including phenoxy) is 1. The number of hydrogen-bond acceptors (Lipinski definition) is 4. The van der Waals surface area contributed by atoms with Crippen LogP contribution in [0.4, 0.5) is 0 Å². The van der Waals surface area contributed by atoms with Gasteiger partial charge in [0.05, 0.1) is 13.2 Å². The number of carboxylic acid groups (broad SMARTS) is 1. The molecule has 0 aliphatic heterocycles. The van der Waals surface area contributed by atoms with Gasteiger partial charge in [0.25, 0.3) is 0 Å². The fraction of sp³-hybridized carbons (Fsp3) is 0.556. The first-order valence-electron chi connectivity index (χ1n) is 8.07. The Kier molecular flexibility index (Phi) is 7.32. The van der Waals surface area contributed by atoms with Gasteiger partial charge in [-0.2, -0.15) is 0 Å². The minimum atomic E-state index is -2.03. The maximum absolute atomic E-state index is 12.1. The highest BCUT2D eigenvalue weighted by Gasteiger charge is 2.37. The minimum Gasteiger partial charge on any atom is -0.479 e. The van der Waals surface area contributed by atoms with Crippen molar-refractivity contribution in [2.45, 2.75) is 58.0 Å². The van der Waals surface area contributed by atoms with Crippen molar-refractivity contribution in [3.63, 3.8) is 0 Å². The van der Waals surface area contributed by atoms with Gasteiger partial charge in [-0.05, 0) is 23.7 Å². The van der Waals surface area contributed by atoms with Crippen molar-refractivity contribution in [1.82, 2.24) is 0 Å². The molecule has 0 aliphatic carbocycles. The van der Waals surface area contributed by atoms with E-state index in [1.807, 2.05) is 30.3 Å². The Bertz CT molecular complexity index is 548. The first kappa shape index (κ1) is 20.5. The number of benzene rings is 1. The van der Waals surface area contributed by atoms with Crippen molar-refractivity contribution in [3.05, 3.63) is 35.9 Å². The lowest BCUT2D eigenvalue weighted by molar-refractivity contribution is -0.154. The molecule has 1 atom stereocenters. The van der Waals surface area contributed by atoms with Crippen LogP contribution in [-0.2, 0) is 25.4 Å². The summed E-state index contributed by atoms with van der Waals surface area (Å²) in [5, 5.41) is 9.25. The van der Waals surface area contributed by atoms with E-state index in [1.165, 1.54) is 0 Å². The summed E-state index contributed by atoms with van der Waals surface area (Å²) >= 11 is 0. The van der Waals surface area contributed by atoms with Gasteiger partial charge in [0.2, 0.25) is 0 Å². The Labute approximate surface area is 145 Å². The van der Waals surface area contributed by atoms with Crippen LogP contribution >= 0.6 is 0 Å². The molecule has 0 amide bonds. The number of aliphatic carboxylic acids is 1. The summed E-state index contributed by atoms with van der Waals surface area (Å²) in [7, 11) is -2.03. The third-order valence-corrected chi connectivity index (χ3v) is 8.86. The molecule has 0 aromatic heterocycles. The van der Waals surface area contributed by atoms with Crippen LogP contribution in [0.2, 0.25) is 18.1 Å². The van der Waals surface area contributed by atoms with E-state index >= 15 is 0 Å². The molecular weight excluding hydrogens is 324 g/mol.